The molecule has 0 saturated heterocycles. The van der Waals surface area contributed by atoms with Crippen LogP contribution in [0.4, 0.5) is 0 Å². The first-order chi connectivity index (χ1) is 9.19. The summed E-state index contributed by atoms with van der Waals surface area (Å²) in [6.45, 7) is 13.2. The van der Waals surface area contributed by atoms with Crippen molar-refractivity contribution in [2.45, 2.75) is 59.7 Å². The van der Waals surface area contributed by atoms with Crippen molar-refractivity contribution in [2.24, 2.45) is 0 Å². The molecule has 0 spiro atoms. The zero-order valence-corrected chi connectivity index (χ0v) is 13.1. The van der Waals surface area contributed by atoms with Crippen molar-refractivity contribution in [3.63, 3.8) is 0 Å². The van der Waals surface area contributed by atoms with E-state index in [1.165, 1.54) is 24.0 Å². The molecule has 1 unspecified atom stereocenters. The standard InChI is InChI=1S/C17H30N2/c1-5-8-15(4)18-13-16-9-11-17(12-10-16)14-19(6-2)7-3/h9-12,15,18H,5-8,13-14H2,1-4H3. The summed E-state index contributed by atoms with van der Waals surface area (Å²) in [5.41, 5.74) is 2.79. The Labute approximate surface area is 119 Å². The van der Waals surface area contributed by atoms with Crippen molar-refractivity contribution in [3.8, 4) is 0 Å². The fraction of sp³-hybridized carbons (Fsp3) is 0.647. The molecule has 0 amide bonds. The average molecular weight is 262 g/mol. The molecule has 0 aliphatic heterocycles. The summed E-state index contributed by atoms with van der Waals surface area (Å²) >= 11 is 0. The van der Waals surface area contributed by atoms with Crippen molar-refractivity contribution in [3.05, 3.63) is 35.4 Å². The third-order valence-corrected chi connectivity index (χ3v) is 3.70. The normalized spacial score (nSPS) is 12.9. The lowest BCUT2D eigenvalue weighted by Gasteiger charge is -2.18. The van der Waals surface area contributed by atoms with E-state index in [-0.39, 0.29) is 0 Å². The van der Waals surface area contributed by atoms with Gasteiger partial charge in [-0.3, -0.25) is 4.90 Å². The largest absolute Gasteiger partial charge is 0.310 e. The monoisotopic (exact) mass is 262 g/mol. The van der Waals surface area contributed by atoms with Crippen molar-refractivity contribution in [1.82, 2.24) is 10.2 Å². The molecule has 2 heteroatoms. The lowest BCUT2D eigenvalue weighted by Crippen LogP contribution is -2.25. The number of nitrogens with zero attached hydrogens (tertiary/aromatic N) is 1. The van der Waals surface area contributed by atoms with Crippen LogP contribution < -0.4 is 5.32 Å². The van der Waals surface area contributed by atoms with E-state index in [4.69, 9.17) is 0 Å². The van der Waals surface area contributed by atoms with E-state index < -0.39 is 0 Å². The predicted octanol–water partition coefficient (Wildman–Crippen LogP) is 3.81. The number of hydrogen-bond acceptors (Lipinski definition) is 2. The van der Waals surface area contributed by atoms with Crippen molar-refractivity contribution in [1.29, 1.82) is 0 Å². The van der Waals surface area contributed by atoms with Gasteiger partial charge in [-0.15, -0.1) is 0 Å². The van der Waals surface area contributed by atoms with E-state index in [1.54, 1.807) is 0 Å². The molecular weight excluding hydrogens is 232 g/mol. The SMILES string of the molecule is CCCC(C)NCc1ccc(CN(CC)CC)cc1. The Morgan fingerprint density at radius 3 is 2.11 bits per heavy atom. The number of hydrogen-bond donors (Lipinski definition) is 1. The molecule has 1 aromatic carbocycles. The summed E-state index contributed by atoms with van der Waals surface area (Å²) in [6.07, 6.45) is 2.50. The molecule has 0 heterocycles. The quantitative estimate of drug-likeness (QED) is 0.728. The van der Waals surface area contributed by atoms with E-state index in [0.717, 1.165) is 26.2 Å². The van der Waals surface area contributed by atoms with Gasteiger partial charge in [-0.1, -0.05) is 51.5 Å². The molecule has 0 radical (unpaired) electrons. The van der Waals surface area contributed by atoms with Crippen LogP contribution in [0.1, 0.15) is 51.7 Å². The highest BCUT2D eigenvalue weighted by atomic mass is 15.1. The van der Waals surface area contributed by atoms with Crippen molar-refractivity contribution >= 4 is 0 Å². The summed E-state index contributed by atoms with van der Waals surface area (Å²) in [5.74, 6) is 0. The summed E-state index contributed by atoms with van der Waals surface area (Å²) in [5, 5.41) is 3.57. The molecule has 0 aliphatic carbocycles. The maximum atomic E-state index is 3.57. The minimum Gasteiger partial charge on any atom is -0.310 e. The van der Waals surface area contributed by atoms with Crippen LogP contribution in [0.2, 0.25) is 0 Å². The summed E-state index contributed by atoms with van der Waals surface area (Å²) in [6, 6.07) is 9.65. The molecule has 1 atom stereocenters. The van der Waals surface area contributed by atoms with Gasteiger partial charge in [0.15, 0.2) is 0 Å². The van der Waals surface area contributed by atoms with Crippen LogP contribution in [0, 0.1) is 0 Å². The van der Waals surface area contributed by atoms with Crippen LogP contribution in [0.25, 0.3) is 0 Å². The molecule has 0 saturated carbocycles. The Morgan fingerprint density at radius 1 is 1.00 bits per heavy atom. The molecule has 1 rings (SSSR count). The molecule has 19 heavy (non-hydrogen) atoms. The molecule has 0 bridgehead atoms. The highest BCUT2D eigenvalue weighted by molar-refractivity contribution is 5.22. The van der Waals surface area contributed by atoms with E-state index >= 15 is 0 Å². The first-order valence-electron chi connectivity index (χ1n) is 7.73. The molecule has 0 fully saturated rings. The first-order valence-corrected chi connectivity index (χ1v) is 7.73. The molecule has 0 aromatic heterocycles. The predicted molar refractivity (Wildman–Crippen MR) is 84.3 cm³/mol. The Morgan fingerprint density at radius 2 is 1.58 bits per heavy atom. The van der Waals surface area contributed by atoms with Crippen LogP contribution >= 0.6 is 0 Å². The Kier molecular flexibility index (Phi) is 7.76. The minimum absolute atomic E-state index is 0.611. The van der Waals surface area contributed by atoms with Gasteiger partial charge in [-0.2, -0.15) is 0 Å². The highest BCUT2D eigenvalue weighted by Gasteiger charge is 2.02. The minimum atomic E-state index is 0.611. The second-order valence-electron chi connectivity index (χ2n) is 5.35. The van der Waals surface area contributed by atoms with E-state index in [0.29, 0.717) is 6.04 Å². The third-order valence-electron chi connectivity index (χ3n) is 3.70. The average Bonchev–Trinajstić information content (AvgIpc) is 2.44. The molecule has 0 aliphatic rings. The molecule has 1 N–H and O–H groups in total. The van der Waals surface area contributed by atoms with Crippen LogP contribution in [0.5, 0.6) is 0 Å². The van der Waals surface area contributed by atoms with Gasteiger partial charge in [0.05, 0.1) is 0 Å². The van der Waals surface area contributed by atoms with E-state index in [1.807, 2.05) is 0 Å². The fourth-order valence-electron chi connectivity index (χ4n) is 2.30. The second kappa shape index (κ2) is 9.11. The summed E-state index contributed by atoms with van der Waals surface area (Å²) in [4.78, 5) is 2.44. The maximum Gasteiger partial charge on any atom is 0.0233 e. The van der Waals surface area contributed by atoms with Gasteiger partial charge in [0.2, 0.25) is 0 Å². The van der Waals surface area contributed by atoms with Crippen molar-refractivity contribution < 1.29 is 0 Å². The van der Waals surface area contributed by atoms with Gasteiger partial charge in [0.1, 0.15) is 0 Å². The molecule has 1 aromatic rings. The summed E-state index contributed by atoms with van der Waals surface area (Å²) < 4.78 is 0. The third kappa shape index (κ3) is 6.22. The number of rotatable bonds is 9. The second-order valence-corrected chi connectivity index (χ2v) is 5.35. The summed E-state index contributed by atoms with van der Waals surface area (Å²) in [7, 11) is 0. The van der Waals surface area contributed by atoms with Gasteiger partial charge < -0.3 is 5.32 Å². The van der Waals surface area contributed by atoms with Crippen LogP contribution in [0.15, 0.2) is 24.3 Å². The zero-order valence-electron chi connectivity index (χ0n) is 13.1. The van der Waals surface area contributed by atoms with E-state index in [9.17, 15) is 0 Å². The molecule has 108 valence electrons. The Hall–Kier alpha value is -0.860. The van der Waals surface area contributed by atoms with Crippen molar-refractivity contribution in [2.75, 3.05) is 13.1 Å². The van der Waals surface area contributed by atoms with E-state index in [2.05, 4.69) is 62.2 Å². The first kappa shape index (κ1) is 16.2. The molecular formula is C17H30N2. The fourth-order valence-corrected chi connectivity index (χ4v) is 2.30. The maximum absolute atomic E-state index is 3.57. The van der Waals surface area contributed by atoms with Crippen LogP contribution in [-0.2, 0) is 13.1 Å². The van der Waals surface area contributed by atoms with Gasteiger partial charge in [-0.25, -0.2) is 0 Å². The topological polar surface area (TPSA) is 15.3 Å². The van der Waals surface area contributed by atoms with Gasteiger partial charge in [0.25, 0.3) is 0 Å². The zero-order chi connectivity index (χ0) is 14.1. The number of benzene rings is 1. The van der Waals surface area contributed by atoms with Gasteiger partial charge in [0, 0.05) is 19.1 Å². The van der Waals surface area contributed by atoms with Gasteiger partial charge in [-0.05, 0) is 37.6 Å². The number of nitrogens with one attached hydrogen (secondary N) is 1. The smallest absolute Gasteiger partial charge is 0.0233 e. The van der Waals surface area contributed by atoms with Crippen LogP contribution in [-0.4, -0.2) is 24.0 Å². The Bertz CT molecular complexity index is 328. The molecule has 2 nitrogen and oxygen atoms in total. The van der Waals surface area contributed by atoms with Crippen LogP contribution in [0.3, 0.4) is 0 Å². The lowest BCUT2D eigenvalue weighted by molar-refractivity contribution is 0.296. The Balaban J connectivity index is 2.43. The lowest BCUT2D eigenvalue weighted by atomic mass is 10.1. The highest BCUT2D eigenvalue weighted by Crippen LogP contribution is 2.08. The van der Waals surface area contributed by atoms with Gasteiger partial charge >= 0.3 is 0 Å².